The van der Waals surface area contributed by atoms with Crippen LogP contribution in [0.25, 0.3) is 16.7 Å². The van der Waals surface area contributed by atoms with Crippen molar-refractivity contribution < 1.29 is 4.74 Å². The van der Waals surface area contributed by atoms with E-state index in [0.717, 1.165) is 65.5 Å². The van der Waals surface area contributed by atoms with E-state index in [1.165, 1.54) is 0 Å². The van der Waals surface area contributed by atoms with Crippen molar-refractivity contribution in [2.24, 2.45) is 0 Å². The van der Waals surface area contributed by atoms with Crippen LogP contribution < -0.4 is 20.7 Å². The molecule has 8 nitrogen and oxygen atoms in total. The van der Waals surface area contributed by atoms with Gasteiger partial charge < -0.3 is 20.7 Å². The highest BCUT2D eigenvalue weighted by Gasteiger charge is 2.18. The Morgan fingerprint density at radius 1 is 1.12 bits per heavy atom. The van der Waals surface area contributed by atoms with Gasteiger partial charge in [0.2, 0.25) is 0 Å². The van der Waals surface area contributed by atoms with Gasteiger partial charge in [-0.2, -0.15) is 5.10 Å². The summed E-state index contributed by atoms with van der Waals surface area (Å²) in [7, 11) is 0. The first kappa shape index (κ1) is 21.0. The van der Waals surface area contributed by atoms with E-state index in [-0.39, 0.29) is 0 Å². The minimum absolute atomic E-state index is 0.332. The van der Waals surface area contributed by atoms with Crippen molar-refractivity contribution in [3.05, 3.63) is 72.6 Å². The quantitative estimate of drug-likeness (QED) is 0.330. The van der Waals surface area contributed by atoms with Crippen LogP contribution in [0.15, 0.2) is 61.4 Å². The summed E-state index contributed by atoms with van der Waals surface area (Å²) >= 11 is 0. The monoisotopic (exact) mass is 441 g/mol. The maximum Gasteiger partial charge on any atom is 0.161 e. The number of aromatic amines is 1. The molecule has 1 aliphatic rings. The number of hydrogen-bond acceptors (Lipinski definition) is 7. The maximum atomic E-state index is 6.23. The number of aromatic nitrogens is 4. The number of nitrogens with zero attached hydrogens (tertiary/aromatic N) is 3. The number of ether oxygens (including phenoxy) is 1. The Labute approximate surface area is 192 Å². The van der Waals surface area contributed by atoms with Crippen molar-refractivity contribution in [1.82, 2.24) is 25.5 Å². The molecule has 0 radical (unpaired) electrons. The minimum Gasteiger partial charge on any atom is -0.456 e. The molecular weight excluding hydrogens is 414 g/mol. The number of hydrogen-bond donors (Lipinski definition) is 4. The lowest BCUT2D eigenvalue weighted by Crippen LogP contribution is -2.38. The second-order valence-electron chi connectivity index (χ2n) is 8.24. The molecule has 1 aromatic carbocycles. The highest BCUT2D eigenvalue weighted by Crippen LogP contribution is 2.33. The average molecular weight is 442 g/mol. The predicted octanol–water partition coefficient (Wildman–Crippen LogP) is 4.70. The number of fused-ring (bicyclic) bond motifs is 1. The molecule has 0 saturated carbocycles. The molecule has 0 spiro atoms. The maximum absolute atomic E-state index is 6.23. The predicted molar refractivity (Wildman–Crippen MR) is 132 cm³/mol. The highest BCUT2D eigenvalue weighted by atomic mass is 16.5. The van der Waals surface area contributed by atoms with Gasteiger partial charge >= 0.3 is 0 Å². The summed E-state index contributed by atoms with van der Waals surface area (Å²) in [4.78, 5) is 8.73. The van der Waals surface area contributed by atoms with Crippen molar-refractivity contribution in [3.8, 4) is 11.5 Å². The Kier molecular flexibility index (Phi) is 5.91. The summed E-state index contributed by atoms with van der Waals surface area (Å²) in [5, 5.41) is 18.5. The van der Waals surface area contributed by atoms with Gasteiger partial charge in [0.1, 0.15) is 22.7 Å². The van der Waals surface area contributed by atoms with Crippen molar-refractivity contribution in [2.45, 2.75) is 25.8 Å². The first-order valence-corrected chi connectivity index (χ1v) is 11.1. The molecule has 0 aliphatic carbocycles. The van der Waals surface area contributed by atoms with Gasteiger partial charge in [-0.05, 0) is 73.8 Å². The van der Waals surface area contributed by atoms with E-state index in [4.69, 9.17) is 4.74 Å². The van der Waals surface area contributed by atoms with Crippen LogP contribution in [-0.4, -0.2) is 39.3 Å². The number of nitrogens with one attached hydrogen (secondary N) is 4. The molecular formula is C25H27N7O. The van der Waals surface area contributed by atoms with Crippen molar-refractivity contribution in [2.75, 3.05) is 23.7 Å². The number of pyridine rings is 2. The lowest BCUT2D eigenvalue weighted by molar-refractivity contribution is 0.478. The zero-order chi connectivity index (χ0) is 22.6. The van der Waals surface area contributed by atoms with Crippen molar-refractivity contribution in [1.29, 1.82) is 0 Å². The third kappa shape index (κ3) is 4.80. The molecule has 1 saturated heterocycles. The molecule has 4 N–H and O–H groups in total. The summed E-state index contributed by atoms with van der Waals surface area (Å²) in [6.07, 6.45) is 5.75. The van der Waals surface area contributed by atoms with Crippen LogP contribution in [0.4, 0.5) is 11.6 Å². The van der Waals surface area contributed by atoms with Crippen molar-refractivity contribution >= 4 is 28.4 Å². The summed E-state index contributed by atoms with van der Waals surface area (Å²) in [6, 6.07) is 13.9. The Morgan fingerprint density at radius 3 is 2.76 bits per heavy atom. The van der Waals surface area contributed by atoms with Crippen LogP contribution in [0.5, 0.6) is 11.5 Å². The third-order valence-electron chi connectivity index (χ3n) is 5.69. The average Bonchev–Trinajstić information content (AvgIpc) is 3.24. The lowest BCUT2D eigenvalue weighted by Gasteiger charge is -2.23. The fourth-order valence-corrected chi connectivity index (χ4v) is 3.96. The Hall–Kier alpha value is -3.91. The van der Waals surface area contributed by atoms with Gasteiger partial charge in [0, 0.05) is 36.7 Å². The summed E-state index contributed by atoms with van der Waals surface area (Å²) in [5.41, 5.74) is 3.56. The van der Waals surface area contributed by atoms with E-state index < -0.39 is 0 Å². The van der Waals surface area contributed by atoms with E-state index in [2.05, 4.69) is 42.7 Å². The Bertz CT molecular complexity index is 1260. The van der Waals surface area contributed by atoms with Gasteiger partial charge in [0.05, 0.1) is 0 Å². The minimum atomic E-state index is 0.332. The summed E-state index contributed by atoms with van der Waals surface area (Å²) in [5.74, 6) is 2.96. The van der Waals surface area contributed by atoms with Crippen LogP contribution in [0.2, 0.25) is 0 Å². The second-order valence-corrected chi connectivity index (χ2v) is 8.24. The highest BCUT2D eigenvalue weighted by molar-refractivity contribution is 5.93. The number of aryl methyl sites for hydroxylation is 1. The molecule has 1 aliphatic heterocycles. The molecule has 1 unspecified atom stereocenters. The fraction of sp³-hybridized carbons (Fsp3) is 0.240. The number of anilines is 2. The van der Waals surface area contributed by atoms with Crippen LogP contribution in [-0.2, 0) is 0 Å². The van der Waals surface area contributed by atoms with Gasteiger partial charge in [-0.3, -0.25) is 5.10 Å². The van der Waals surface area contributed by atoms with Gasteiger partial charge in [-0.15, -0.1) is 0 Å². The number of H-pyrrole nitrogens is 1. The zero-order valence-corrected chi connectivity index (χ0v) is 18.6. The van der Waals surface area contributed by atoms with Gasteiger partial charge in [-0.25, -0.2) is 9.97 Å². The molecule has 4 aromatic rings. The molecule has 3 aromatic heterocycles. The van der Waals surface area contributed by atoms with E-state index in [0.29, 0.717) is 17.4 Å². The molecule has 168 valence electrons. The first-order valence-electron chi connectivity index (χ1n) is 11.1. The van der Waals surface area contributed by atoms with Gasteiger partial charge in [0.25, 0.3) is 0 Å². The SMILES string of the molecule is C=C(Nc1cc(C)ccn1)c1ccc(Oc2ccnc3[nH]nc(NC4CCCNC4)c23)cc1. The molecule has 1 fully saturated rings. The molecule has 8 heteroatoms. The van der Waals surface area contributed by atoms with Crippen LogP contribution >= 0.6 is 0 Å². The first-order chi connectivity index (χ1) is 16.2. The standard InChI is InChI=1S/C25H27N7O/c1-16-9-12-27-22(14-16)29-17(2)18-5-7-20(8-6-18)33-21-10-13-28-24-23(21)25(32-31-24)30-19-4-3-11-26-15-19/h5-10,12-14,19,26H,2-4,11,15H2,1H3,(H,27,29)(H2,28,30,31,32). The van der Waals surface area contributed by atoms with Gasteiger partial charge in [0.15, 0.2) is 11.5 Å². The van der Waals surface area contributed by atoms with Crippen LogP contribution in [0.1, 0.15) is 24.0 Å². The smallest absolute Gasteiger partial charge is 0.161 e. The second kappa shape index (κ2) is 9.30. The van der Waals surface area contributed by atoms with Gasteiger partial charge in [-0.1, -0.05) is 6.58 Å². The normalized spacial score (nSPS) is 15.8. The topological polar surface area (TPSA) is 99.8 Å². The number of rotatable bonds is 7. The zero-order valence-electron chi connectivity index (χ0n) is 18.6. The van der Waals surface area contributed by atoms with Crippen molar-refractivity contribution in [3.63, 3.8) is 0 Å². The summed E-state index contributed by atoms with van der Waals surface area (Å²) in [6.45, 7) is 8.15. The van der Waals surface area contributed by atoms with E-state index >= 15 is 0 Å². The molecule has 0 bridgehead atoms. The molecule has 0 amide bonds. The fourth-order valence-electron chi connectivity index (χ4n) is 3.96. The third-order valence-corrected chi connectivity index (χ3v) is 5.69. The van der Waals surface area contributed by atoms with Crippen LogP contribution in [0, 0.1) is 6.92 Å². The molecule has 4 heterocycles. The van der Waals surface area contributed by atoms with E-state index in [1.807, 2.05) is 49.4 Å². The number of piperidine rings is 1. The van der Waals surface area contributed by atoms with E-state index in [1.54, 1.807) is 12.4 Å². The van der Waals surface area contributed by atoms with E-state index in [9.17, 15) is 0 Å². The molecule has 5 rings (SSSR count). The van der Waals surface area contributed by atoms with Crippen LogP contribution in [0.3, 0.4) is 0 Å². The molecule has 1 atom stereocenters. The molecule has 33 heavy (non-hydrogen) atoms. The Morgan fingerprint density at radius 2 is 1.97 bits per heavy atom. The largest absolute Gasteiger partial charge is 0.456 e. The lowest BCUT2D eigenvalue weighted by atomic mass is 10.1. The Balaban J connectivity index is 1.32. The summed E-state index contributed by atoms with van der Waals surface area (Å²) < 4.78 is 6.23. The number of benzene rings is 1.